The van der Waals surface area contributed by atoms with E-state index >= 15 is 0 Å². The van der Waals surface area contributed by atoms with Crippen LogP contribution < -0.4 is 15.8 Å². The van der Waals surface area contributed by atoms with Crippen molar-refractivity contribution < 1.29 is 8.42 Å². The smallest absolute Gasteiger partial charge is 0.244 e. The highest BCUT2D eigenvalue weighted by atomic mass is 32.2. The minimum Gasteiger partial charge on any atom is -0.367 e. The van der Waals surface area contributed by atoms with Crippen molar-refractivity contribution in [1.82, 2.24) is 20.1 Å². The Hall–Kier alpha value is -2.30. The van der Waals surface area contributed by atoms with Crippen LogP contribution in [0.15, 0.2) is 35.4 Å². The van der Waals surface area contributed by atoms with Crippen LogP contribution in [0.1, 0.15) is 5.56 Å². The van der Waals surface area contributed by atoms with Crippen molar-refractivity contribution in [3.8, 4) is 0 Å². The lowest BCUT2D eigenvalue weighted by molar-refractivity contribution is 0.425. The third kappa shape index (κ3) is 6.61. The molecule has 0 saturated carbocycles. The first kappa shape index (κ1) is 19.0. The van der Waals surface area contributed by atoms with Gasteiger partial charge in [0.25, 0.3) is 0 Å². The van der Waals surface area contributed by atoms with Gasteiger partial charge in [-0.25, -0.2) is 13.6 Å². The zero-order valence-electron chi connectivity index (χ0n) is 14.3. The van der Waals surface area contributed by atoms with Crippen LogP contribution in [-0.4, -0.2) is 62.2 Å². The standard InChI is InChI=1S/C15H23N7O2S/c1-22(2)10-9-17-14-11-19-21-15(20-14)18-8-7-12-3-5-13(6-4-12)25(16,23)24/h3-6,11H,7-10H2,1-2H3,(H2,16,23,24)(H2,17,18,20,21). The predicted molar refractivity (Wildman–Crippen MR) is 96.9 cm³/mol. The van der Waals surface area contributed by atoms with Crippen molar-refractivity contribution in [3.63, 3.8) is 0 Å². The highest BCUT2D eigenvalue weighted by Gasteiger charge is 2.06. The Morgan fingerprint density at radius 3 is 2.48 bits per heavy atom. The third-order valence-corrected chi connectivity index (χ3v) is 4.30. The molecular formula is C15H23N7O2S. The monoisotopic (exact) mass is 365 g/mol. The number of hydrogen-bond acceptors (Lipinski definition) is 8. The van der Waals surface area contributed by atoms with E-state index in [-0.39, 0.29) is 4.90 Å². The van der Waals surface area contributed by atoms with Crippen LogP contribution in [0.2, 0.25) is 0 Å². The van der Waals surface area contributed by atoms with E-state index in [1.54, 1.807) is 18.3 Å². The van der Waals surface area contributed by atoms with Crippen LogP contribution in [0.5, 0.6) is 0 Å². The van der Waals surface area contributed by atoms with Gasteiger partial charge in [0.2, 0.25) is 16.0 Å². The summed E-state index contributed by atoms with van der Waals surface area (Å²) in [5, 5.41) is 19.2. The topological polar surface area (TPSA) is 126 Å². The number of nitrogens with two attached hydrogens (primary N) is 1. The second-order valence-corrected chi connectivity index (χ2v) is 7.32. The molecule has 0 aliphatic rings. The number of primary sulfonamides is 1. The Morgan fingerprint density at radius 1 is 1.12 bits per heavy atom. The largest absolute Gasteiger partial charge is 0.367 e. The van der Waals surface area contributed by atoms with Crippen LogP contribution in [0, 0.1) is 0 Å². The molecule has 1 aromatic heterocycles. The van der Waals surface area contributed by atoms with Gasteiger partial charge in [0.15, 0.2) is 5.82 Å². The van der Waals surface area contributed by atoms with Crippen LogP contribution >= 0.6 is 0 Å². The highest BCUT2D eigenvalue weighted by Crippen LogP contribution is 2.09. The Kier molecular flexibility index (Phi) is 6.62. The van der Waals surface area contributed by atoms with Crippen LogP contribution in [0.25, 0.3) is 0 Å². The van der Waals surface area contributed by atoms with Gasteiger partial charge in [0.05, 0.1) is 11.1 Å². The molecule has 1 heterocycles. The van der Waals surface area contributed by atoms with Crippen LogP contribution in [0.4, 0.5) is 11.8 Å². The van der Waals surface area contributed by atoms with E-state index in [0.29, 0.717) is 24.7 Å². The van der Waals surface area contributed by atoms with Gasteiger partial charge in [-0.05, 0) is 38.2 Å². The highest BCUT2D eigenvalue weighted by molar-refractivity contribution is 7.89. The summed E-state index contributed by atoms with van der Waals surface area (Å²) in [5.41, 5.74) is 0.980. The van der Waals surface area contributed by atoms with Crippen molar-refractivity contribution >= 4 is 21.8 Å². The molecule has 136 valence electrons. The van der Waals surface area contributed by atoms with Crippen molar-refractivity contribution in [2.75, 3.05) is 44.4 Å². The van der Waals surface area contributed by atoms with Gasteiger partial charge in [-0.15, -0.1) is 5.10 Å². The number of aromatic nitrogens is 3. The number of sulfonamides is 1. The molecule has 0 aliphatic heterocycles. The normalized spacial score (nSPS) is 11.5. The zero-order valence-corrected chi connectivity index (χ0v) is 15.1. The predicted octanol–water partition coefficient (Wildman–Crippen LogP) is 0.147. The van der Waals surface area contributed by atoms with E-state index in [1.807, 2.05) is 14.1 Å². The molecule has 0 radical (unpaired) electrons. The fourth-order valence-electron chi connectivity index (χ4n) is 2.04. The van der Waals surface area contributed by atoms with Gasteiger partial charge in [0.1, 0.15) is 0 Å². The van der Waals surface area contributed by atoms with Crippen molar-refractivity contribution in [2.45, 2.75) is 11.3 Å². The second kappa shape index (κ2) is 8.70. The van der Waals surface area contributed by atoms with E-state index in [0.717, 1.165) is 18.7 Å². The van der Waals surface area contributed by atoms with E-state index in [2.05, 4.69) is 30.7 Å². The minimum atomic E-state index is -3.65. The summed E-state index contributed by atoms with van der Waals surface area (Å²) in [6.07, 6.45) is 2.26. The van der Waals surface area contributed by atoms with E-state index in [9.17, 15) is 8.42 Å². The van der Waals surface area contributed by atoms with Crippen LogP contribution in [-0.2, 0) is 16.4 Å². The second-order valence-electron chi connectivity index (χ2n) is 5.76. The number of nitrogens with one attached hydrogen (secondary N) is 2. The maximum Gasteiger partial charge on any atom is 0.244 e. The lowest BCUT2D eigenvalue weighted by Gasteiger charge is -2.11. The van der Waals surface area contributed by atoms with Gasteiger partial charge < -0.3 is 15.5 Å². The quantitative estimate of drug-likeness (QED) is 0.573. The summed E-state index contributed by atoms with van der Waals surface area (Å²) in [7, 11) is 0.350. The van der Waals surface area contributed by atoms with E-state index < -0.39 is 10.0 Å². The van der Waals surface area contributed by atoms with E-state index in [4.69, 9.17) is 5.14 Å². The lowest BCUT2D eigenvalue weighted by Crippen LogP contribution is -2.21. The number of nitrogens with zero attached hydrogens (tertiary/aromatic N) is 4. The van der Waals surface area contributed by atoms with Gasteiger partial charge >= 0.3 is 0 Å². The summed E-state index contributed by atoms with van der Waals surface area (Å²) in [6.45, 7) is 2.25. The third-order valence-electron chi connectivity index (χ3n) is 3.37. The molecule has 0 aliphatic carbocycles. The fourth-order valence-corrected chi connectivity index (χ4v) is 2.55. The molecule has 0 amide bonds. The summed E-state index contributed by atoms with van der Waals surface area (Å²) < 4.78 is 22.4. The van der Waals surface area contributed by atoms with Crippen LogP contribution in [0.3, 0.4) is 0 Å². The van der Waals surface area contributed by atoms with Gasteiger partial charge in [-0.3, -0.25) is 0 Å². The summed E-state index contributed by atoms with van der Waals surface area (Å²) in [6, 6.07) is 6.47. The van der Waals surface area contributed by atoms with Gasteiger partial charge in [-0.2, -0.15) is 10.1 Å². The summed E-state index contributed by atoms with van der Waals surface area (Å²) in [5.74, 6) is 1.10. The molecule has 0 spiro atoms. The maximum atomic E-state index is 11.2. The molecule has 1 aromatic carbocycles. The van der Waals surface area contributed by atoms with Gasteiger partial charge in [-0.1, -0.05) is 12.1 Å². The number of rotatable bonds is 9. The Balaban J connectivity index is 1.83. The first-order valence-electron chi connectivity index (χ1n) is 7.78. The molecule has 2 rings (SSSR count). The van der Waals surface area contributed by atoms with E-state index in [1.165, 1.54) is 12.1 Å². The molecule has 10 heteroatoms. The molecule has 0 fully saturated rings. The molecule has 4 N–H and O–H groups in total. The Morgan fingerprint density at radius 2 is 1.84 bits per heavy atom. The fraction of sp³-hybridized carbons (Fsp3) is 0.400. The molecule has 0 unspecified atom stereocenters. The van der Waals surface area contributed by atoms with Gasteiger partial charge in [0, 0.05) is 19.6 Å². The lowest BCUT2D eigenvalue weighted by atomic mass is 10.1. The SMILES string of the molecule is CN(C)CCNc1cnnc(NCCc2ccc(S(N)(=O)=O)cc2)n1. The molecule has 0 bridgehead atoms. The van der Waals surface area contributed by atoms with Crippen molar-refractivity contribution in [1.29, 1.82) is 0 Å². The minimum absolute atomic E-state index is 0.105. The van der Waals surface area contributed by atoms with Crippen molar-refractivity contribution in [2.24, 2.45) is 5.14 Å². The number of likely N-dealkylation sites (N-methyl/N-ethyl adjacent to an activating group) is 1. The Labute approximate surface area is 147 Å². The van der Waals surface area contributed by atoms with Crippen molar-refractivity contribution in [3.05, 3.63) is 36.0 Å². The maximum absolute atomic E-state index is 11.2. The zero-order chi connectivity index (χ0) is 18.3. The molecule has 0 atom stereocenters. The average molecular weight is 365 g/mol. The number of anilines is 2. The average Bonchev–Trinajstić information content (AvgIpc) is 2.55. The molecular weight excluding hydrogens is 342 g/mol. The first-order valence-corrected chi connectivity index (χ1v) is 9.33. The number of hydrogen-bond donors (Lipinski definition) is 3. The number of benzene rings is 1. The molecule has 9 nitrogen and oxygen atoms in total. The summed E-state index contributed by atoms with van der Waals surface area (Å²) in [4.78, 5) is 6.51. The summed E-state index contributed by atoms with van der Waals surface area (Å²) >= 11 is 0. The Bertz CT molecular complexity index is 779. The molecule has 25 heavy (non-hydrogen) atoms. The molecule has 0 saturated heterocycles. The first-order chi connectivity index (χ1) is 11.8. The molecule has 2 aromatic rings.